The maximum Gasteiger partial charge on any atom is 0.416 e. The number of carbonyl (C=O) groups is 2. The molecule has 0 bridgehead atoms. The van der Waals surface area contributed by atoms with E-state index in [0.29, 0.717) is 38.8 Å². The third-order valence-corrected chi connectivity index (χ3v) is 6.58. The maximum atomic E-state index is 13.7. The normalized spacial score (nSPS) is 20.5. The van der Waals surface area contributed by atoms with E-state index in [4.69, 9.17) is 4.74 Å². The molecule has 0 spiro atoms. The molecular formula is C25H35F3N2O4. The van der Waals surface area contributed by atoms with Gasteiger partial charge in [0.05, 0.1) is 17.1 Å². The molecule has 3 rings (SSSR count). The Hall–Kier alpha value is -2.29. The van der Waals surface area contributed by atoms with Crippen LogP contribution in [0.25, 0.3) is 0 Å². The number of aliphatic hydroxyl groups is 1. The Balaban J connectivity index is 1.76. The summed E-state index contributed by atoms with van der Waals surface area (Å²) >= 11 is 0. The van der Waals surface area contributed by atoms with Crippen LogP contribution in [0.3, 0.4) is 0 Å². The Labute approximate surface area is 198 Å². The zero-order valence-corrected chi connectivity index (χ0v) is 20.1. The van der Waals surface area contributed by atoms with Crippen molar-refractivity contribution in [3.63, 3.8) is 0 Å². The topological polar surface area (TPSA) is 78.9 Å². The van der Waals surface area contributed by atoms with Gasteiger partial charge in [-0.3, -0.25) is 4.79 Å². The number of hydrogen-bond acceptors (Lipinski definition) is 4. The van der Waals surface area contributed by atoms with Crippen LogP contribution in [-0.2, 0) is 15.7 Å². The van der Waals surface area contributed by atoms with Crippen molar-refractivity contribution in [3.8, 4) is 0 Å². The number of nitrogens with zero attached hydrogens (tertiary/aromatic N) is 1. The highest BCUT2D eigenvalue weighted by molar-refractivity contribution is 5.85. The standard InChI is InChI=1S/C25H35F3N2O4/c1-23(2,3)34-22(32)29-19-10-14-30(15-11-19)21(31)20(24(33)12-5-4-6-13-24)17-8-7-9-18(16-17)25(26,27)28/h7-9,16,19-20,33H,4-6,10-15H2,1-3H3,(H,29,32). The van der Waals surface area contributed by atoms with E-state index in [1.165, 1.54) is 12.1 Å². The molecule has 1 saturated carbocycles. The molecule has 1 aromatic carbocycles. The number of rotatable bonds is 4. The number of amides is 2. The second kappa shape index (κ2) is 10.1. The second-order valence-electron chi connectivity index (χ2n) is 10.5. The van der Waals surface area contributed by atoms with Crippen LogP contribution < -0.4 is 5.32 Å². The Morgan fingerprint density at radius 3 is 2.29 bits per heavy atom. The van der Waals surface area contributed by atoms with Gasteiger partial charge in [0.15, 0.2) is 0 Å². The first-order chi connectivity index (χ1) is 15.8. The number of piperidine rings is 1. The smallest absolute Gasteiger partial charge is 0.416 e. The van der Waals surface area contributed by atoms with Gasteiger partial charge in [-0.25, -0.2) is 4.79 Å². The quantitative estimate of drug-likeness (QED) is 0.631. The molecular weight excluding hydrogens is 449 g/mol. The second-order valence-corrected chi connectivity index (χ2v) is 10.5. The molecule has 2 amide bonds. The van der Waals surface area contributed by atoms with Crippen LogP contribution in [0.5, 0.6) is 0 Å². The van der Waals surface area contributed by atoms with E-state index in [0.717, 1.165) is 31.4 Å². The third kappa shape index (κ3) is 6.64. The van der Waals surface area contributed by atoms with Gasteiger partial charge in [0.2, 0.25) is 5.91 Å². The summed E-state index contributed by atoms with van der Waals surface area (Å²) < 4.78 is 45.4. The molecule has 1 aliphatic carbocycles. The van der Waals surface area contributed by atoms with E-state index in [-0.39, 0.29) is 17.5 Å². The molecule has 1 heterocycles. The molecule has 1 aromatic rings. The molecule has 0 aromatic heterocycles. The van der Waals surface area contributed by atoms with Crippen LogP contribution in [0, 0.1) is 0 Å². The molecule has 190 valence electrons. The minimum absolute atomic E-state index is 0.163. The fraction of sp³-hybridized carbons (Fsp3) is 0.680. The van der Waals surface area contributed by atoms with Crippen molar-refractivity contribution in [2.45, 2.75) is 95.1 Å². The van der Waals surface area contributed by atoms with Crippen LogP contribution >= 0.6 is 0 Å². The fourth-order valence-electron chi connectivity index (χ4n) is 4.93. The first-order valence-corrected chi connectivity index (χ1v) is 12.0. The minimum atomic E-state index is -4.54. The van der Waals surface area contributed by atoms with Crippen molar-refractivity contribution in [3.05, 3.63) is 35.4 Å². The van der Waals surface area contributed by atoms with E-state index in [2.05, 4.69) is 5.32 Å². The molecule has 1 aliphatic heterocycles. The van der Waals surface area contributed by atoms with E-state index in [1.54, 1.807) is 25.7 Å². The van der Waals surface area contributed by atoms with E-state index < -0.39 is 35.0 Å². The summed E-state index contributed by atoms with van der Waals surface area (Å²) in [5.41, 5.74) is -2.64. The zero-order valence-electron chi connectivity index (χ0n) is 20.1. The van der Waals surface area contributed by atoms with E-state index in [1.807, 2.05) is 0 Å². The summed E-state index contributed by atoms with van der Waals surface area (Å²) in [6.45, 7) is 6.00. The van der Waals surface area contributed by atoms with Gasteiger partial charge in [0, 0.05) is 19.1 Å². The first-order valence-electron chi connectivity index (χ1n) is 12.0. The van der Waals surface area contributed by atoms with Crippen LogP contribution in [0.4, 0.5) is 18.0 Å². The summed E-state index contributed by atoms with van der Waals surface area (Å²) in [6, 6.07) is 4.60. The van der Waals surface area contributed by atoms with Crippen molar-refractivity contribution in [2.75, 3.05) is 13.1 Å². The number of benzene rings is 1. The summed E-state index contributed by atoms with van der Waals surface area (Å²) in [4.78, 5) is 27.3. The largest absolute Gasteiger partial charge is 0.444 e. The lowest BCUT2D eigenvalue weighted by Gasteiger charge is -2.42. The molecule has 2 fully saturated rings. The van der Waals surface area contributed by atoms with Crippen molar-refractivity contribution >= 4 is 12.0 Å². The maximum absolute atomic E-state index is 13.7. The predicted octanol–water partition coefficient (Wildman–Crippen LogP) is 5.00. The Morgan fingerprint density at radius 1 is 1.12 bits per heavy atom. The summed E-state index contributed by atoms with van der Waals surface area (Å²) in [6.07, 6.45) is -0.944. The van der Waals surface area contributed by atoms with Gasteiger partial charge in [0.25, 0.3) is 0 Å². The van der Waals surface area contributed by atoms with Gasteiger partial charge in [-0.15, -0.1) is 0 Å². The number of alkyl carbamates (subject to hydrolysis) is 1. The number of alkyl halides is 3. The number of likely N-dealkylation sites (tertiary alicyclic amines) is 1. The lowest BCUT2D eigenvalue weighted by atomic mass is 9.71. The average Bonchev–Trinajstić information content (AvgIpc) is 2.73. The molecule has 6 nitrogen and oxygen atoms in total. The first kappa shape index (κ1) is 26.3. The van der Waals surface area contributed by atoms with Gasteiger partial charge in [0.1, 0.15) is 5.60 Å². The van der Waals surface area contributed by atoms with Gasteiger partial charge < -0.3 is 20.1 Å². The average molecular weight is 485 g/mol. The van der Waals surface area contributed by atoms with Gasteiger partial charge in [-0.05, 0) is 58.1 Å². The van der Waals surface area contributed by atoms with Gasteiger partial charge in [-0.1, -0.05) is 37.5 Å². The third-order valence-electron chi connectivity index (χ3n) is 6.58. The number of hydrogen-bond donors (Lipinski definition) is 2. The minimum Gasteiger partial charge on any atom is -0.444 e. The Bertz CT molecular complexity index is 868. The van der Waals surface area contributed by atoms with Crippen LogP contribution in [-0.4, -0.2) is 52.3 Å². The Kier molecular flexibility index (Phi) is 7.85. The number of nitrogens with one attached hydrogen (secondary N) is 1. The lowest BCUT2D eigenvalue weighted by Crippen LogP contribution is -2.52. The van der Waals surface area contributed by atoms with Crippen LogP contribution in [0.1, 0.15) is 82.8 Å². The number of halogens is 3. The molecule has 2 aliphatic rings. The van der Waals surface area contributed by atoms with Gasteiger partial charge >= 0.3 is 12.3 Å². The molecule has 2 N–H and O–H groups in total. The number of carbonyl (C=O) groups excluding carboxylic acids is 2. The molecule has 1 unspecified atom stereocenters. The molecule has 1 atom stereocenters. The summed E-state index contributed by atoms with van der Waals surface area (Å²) in [5.74, 6) is -1.43. The fourth-order valence-corrected chi connectivity index (χ4v) is 4.93. The molecule has 9 heteroatoms. The van der Waals surface area contributed by atoms with Gasteiger partial charge in [-0.2, -0.15) is 13.2 Å². The van der Waals surface area contributed by atoms with Crippen LogP contribution in [0.2, 0.25) is 0 Å². The lowest BCUT2D eigenvalue weighted by molar-refractivity contribution is -0.143. The van der Waals surface area contributed by atoms with Crippen molar-refractivity contribution < 1.29 is 32.6 Å². The number of ether oxygens (including phenoxy) is 1. The Morgan fingerprint density at radius 2 is 1.74 bits per heavy atom. The molecule has 1 saturated heterocycles. The van der Waals surface area contributed by atoms with E-state index in [9.17, 15) is 27.9 Å². The van der Waals surface area contributed by atoms with Crippen LogP contribution in [0.15, 0.2) is 24.3 Å². The SMILES string of the molecule is CC(C)(C)OC(=O)NC1CCN(C(=O)C(c2cccc(C(F)(F)F)c2)C2(O)CCCCC2)CC1. The highest BCUT2D eigenvalue weighted by Crippen LogP contribution is 2.42. The monoisotopic (exact) mass is 484 g/mol. The van der Waals surface area contributed by atoms with Crippen molar-refractivity contribution in [2.24, 2.45) is 0 Å². The van der Waals surface area contributed by atoms with Crippen molar-refractivity contribution in [1.29, 1.82) is 0 Å². The van der Waals surface area contributed by atoms with Crippen molar-refractivity contribution in [1.82, 2.24) is 10.2 Å². The zero-order chi connectivity index (χ0) is 25.1. The predicted molar refractivity (Wildman–Crippen MR) is 121 cm³/mol. The highest BCUT2D eigenvalue weighted by atomic mass is 19.4. The summed E-state index contributed by atoms with van der Waals surface area (Å²) in [7, 11) is 0. The molecule has 0 radical (unpaired) electrons. The molecule has 34 heavy (non-hydrogen) atoms. The van der Waals surface area contributed by atoms with E-state index >= 15 is 0 Å². The summed E-state index contributed by atoms with van der Waals surface area (Å²) in [5, 5.41) is 14.3. The highest BCUT2D eigenvalue weighted by Gasteiger charge is 2.46.